The average molecular weight is 209 g/mol. The lowest BCUT2D eigenvalue weighted by Crippen LogP contribution is -2.38. The molecule has 0 fully saturated rings. The smallest absolute Gasteiger partial charge is 0.407 e. The number of amides is 1. The van der Waals surface area contributed by atoms with Gasteiger partial charge in [0, 0.05) is 12.5 Å². The summed E-state index contributed by atoms with van der Waals surface area (Å²) in [5.41, 5.74) is -0.603. The van der Waals surface area contributed by atoms with Crippen LogP contribution in [0.1, 0.15) is 34.1 Å². The van der Waals surface area contributed by atoms with E-state index in [1.807, 2.05) is 0 Å². The molecule has 1 atom stereocenters. The van der Waals surface area contributed by atoms with E-state index in [1.165, 1.54) is 6.92 Å². The molecule has 14 heavy (non-hydrogen) atoms. The third-order valence-electron chi connectivity index (χ3n) is 1.29. The number of halogens is 2. The van der Waals surface area contributed by atoms with Crippen molar-refractivity contribution >= 4 is 6.09 Å². The Morgan fingerprint density at radius 3 is 2.29 bits per heavy atom. The zero-order valence-electron chi connectivity index (χ0n) is 8.93. The highest BCUT2D eigenvalue weighted by Crippen LogP contribution is 2.08. The molecule has 0 aliphatic carbocycles. The molecule has 0 saturated carbocycles. The van der Waals surface area contributed by atoms with Crippen LogP contribution in [-0.2, 0) is 4.74 Å². The van der Waals surface area contributed by atoms with Crippen LogP contribution in [0.2, 0.25) is 0 Å². The van der Waals surface area contributed by atoms with Crippen molar-refractivity contribution in [2.75, 3.05) is 0 Å². The highest BCUT2D eigenvalue weighted by atomic mass is 19.3. The summed E-state index contributed by atoms with van der Waals surface area (Å²) in [6.45, 7) is 6.65. The second kappa shape index (κ2) is 5.12. The minimum atomic E-state index is -2.42. The van der Waals surface area contributed by atoms with Gasteiger partial charge in [0.15, 0.2) is 0 Å². The molecule has 3 nitrogen and oxygen atoms in total. The normalized spacial score (nSPS) is 13.9. The van der Waals surface area contributed by atoms with Gasteiger partial charge in [-0.15, -0.1) is 0 Å². The zero-order chi connectivity index (χ0) is 11.4. The van der Waals surface area contributed by atoms with E-state index < -0.39 is 24.2 Å². The Labute approximate surface area is 82.8 Å². The van der Waals surface area contributed by atoms with E-state index in [2.05, 4.69) is 5.32 Å². The lowest BCUT2D eigenvalue weighted by atomic mass is 10.2. The van der Waals surface area contributed by atoms with Gasteiger partial charge >= 0.3 is 6.09 Å². The van der Waals surface area contributed by atoms with Gasteiger partial charge in [-0.2, -0.15) is 0 Å². The summed E-state index contributed by atoms with van der Waals surface area (Å²) in [4.78, 5) is 11.1. The molecule has 0 rings (SSSR count). The molecule has 0 aromatic heterocycles. The number of nitrogens with one attached hydrogen (secondary N) is 1. The number of carbonyl (C=O) groups excluding carboxylic acids is 1. The number of hydrogen-bond acceptors (Lipinski definition) is 2. The third kappa shape index (κ3) is 7.76. The van der Waals surface area contributed by atoms with Gasteiger partial charge in [-0.05, 0) is 27.7 Å². The van der Waals surface area contributed by atoms with E-state index in [0.29, 0.717) is 0 Å². The Bertz CT molecular complexity index is 190. The second-order valence-corrected chi connectivity index (χ2v) is 4.17. The van der Waals surface area contributed by atoms with Gasteiger partial charge in [0.1, 0.15) is 5.60 Å². The second-order valence-electron chi connectivity index (χ2n) is 4.17. The Kier molecular flexibility index (Phi) is 4.80. The molecule has 0 spiro atoms. The molecule has 0 bridgehead atoms. The summed E-state index contributed by atoms with van der Waals surface area (Å²) in [7, 11) is 0. The molecule has 0 aliphatic heterocycles. The van der Waals surface area contributed by atoms with E-state index >= 15 is 0 Å². The number of alkyl carbamates (subject to hydrolysis) is 1. The highest BCUT2D eigenvalue weighted by Gasteiger charge is 2.19. The van der Waals surface area contributed by atoms with Crippen molar-refractivity contribution in [3.63, 3.8) is 0 Å². The Morgan fingerprint density at radius 2 is 1.93 bits per heavy atom. The summed E-state index contributed by atoms with van der Waals surface area (Å²) in [6, 6.07) is -0.579. The first-order valence-corrected chi connectivity index (χ1v) is 4.48. The molecule has 0 heterocycles. The van der Waals surface area contributed by atoms with Gasteiger partial charge in [0.05, 0.1) is 0 Å². The van der Waals surface area contributed by atoms with Crippen molar-refractivity contribution in [3.05, 3.63) is 0 Å². The van der Waals surface area contributed by atoms with E-state index in [-0.39, 0.29) is 6.42 Å². The fourth-order valence-corrected chi connectivity index (χ4v) is 0.835. The molecule has 0 radical (unpaired) electrons. The van der Waals surface area contributed by atoms with Crippen LogP contribution in [0.3, 0.4) is 0 Å². The minimum Gasteiger partial charge on any atom is -0.444 e. The van der Waals surface area contributed by atoms with Crippen LogP contribution in [0.4, 0.5) is 13.6 Å². The molecule has 1 amide bonds. The first-order chi connectivity index (χ1) is 6.20. The maximum absolute atomic E-state index is 11.9. The Balaban J connectivity index is 3.83. The third-order valence-corrected chi connectivity index (χ3v) is 1.29. The quantitative estimate of drug-likeness (QED) is 0.775. The molecule has 0 aromatic rings. The fraction of sp³-hybridized carbons (Fsp3) is 0.889. The first-order valence-electron chi connectivity index (χ1n) is 4.48. The Hall–Kier alpha value is -0.870. The van der Waals surface area contributed by atoms with Crippen LogP contribution in [0.15, 0.2) is 0 Å². The van der Waals surface area contributed by atoms with Crippen molar-refractivity contribution in [2.24, 2.45) is 0 Å². The van der Waals surface area contributed by atoms with Crippen molar-refractivity contribution in [1.29, 1.82) is 0 Å². The van der Waals surface area contributed by atoms with E-state index in [1.54, 1.807) is 20.8 Å². The molecule has 0 aromatic carbocycles. The maximum atomic E-state index is 11.9. The SMILES string of the molecule is C[C@H](CC(F)F)NC(=O)OC(C)(C)C. The summed E-state index contributed by atoms with van der Waals surface area (Å²) in [5, 5.41) is 2.33. The standard InChI is InChI=1S/C9H17F2NO2/c1-6(5-7(10)11)12-8(13)14-9(2,3)4/h6-7H,5H2,1-4H3,(H,12,13)/t6-/m1/s1. The lowest BCUT2D eigenvalue weighted by Gasteiger charge is -2.21. The molecule has 0 unspecified atom stereocenters. The van der Waals surface area contributed by atoms with Gasteiger partial charge in [-0.1, -0.05) is 0 Å². The summed E-state index contributed by atoms with van der Waals surface area (Å²) in [5.74, 6) is 0. The summed E-state index contributed by atoms with van der Waals surface area (Å²) >= 11 is 0. The van der Waals surface area contributed by atoms with Gasteiger partial charge < -0.3 is 10.1 Å². The fourth-order valence-electron chi connectivity index (χ4n) is 0.835. The number of alkyl halides is 2. The summed E-state index contributed by atoms with van der Waals surface area (Å²) < 4.78 is 28.7. The van der Waals surface area contributed by atoms with Crippen LogP contribution in [0.5, 0.6) is 0 Å². The van der Waals surface area contributed by atoms with Crippen molar-refractivity contribution in [2.45, 2.75) is 52.2 Å². The molecule has 0 saturated heterocycles. The van der Waals surface area contributed by atoms with Gasteiger partial charge in [-0.3, -0.25) is 0 Å². The van der Waals surface area contributed by atoms with E-state index in [4.69, 9.17) is 4.74 Å². The first kappa shape index (κ1) is 13.1. The number of rotatable bonds is 3. The molecular weight excluding hydrogens is 192 g/mol. The maximum Gasteiger partial charge on any atom is 0.407 e. The topological polar surface area (TPSA) is 38.3 Å². The molecular formula is C9H17F2NO2. The van der Waals surface area contributed by atoms with E-state index in [9.17, 15) is 13.6 Å². The van der Waals surface area contributed by atoms with Gasteiger partial charge in [-0.25, -0.2) is 13.6 Å². The van der Waals surface area contributed by atoms with Crippen LogP contribution in [0, 0.1) is 0 Å². The minimum absolute atomic E-state index is 0.362. The number of ether oxygens (including phenoxy) is 1. The number of carbonyl (C=O) groups is 1. The van der Waals surface area contributed by atoms with Gasteiger partial charge in [0.2, 0.25) is 6.43 Å². The highest BCUT2D eigenvalue weighted by molar-refractivity contribution is 5.67. The van der Waals surface area contributed by atoms with Crippen LogP contribution in [-0.4, -0.2) is 24.2 Å². The van der Waals surface area contributed by atoms with Crippen LogP contribution in [0.25, 0.3) is 0 Å². The average Bonchev–Trinajstić information content (AvgIpc) is 1.77. The van der Waals surface area contributed by atoms with Crippen molar-refractivity contribution in [3.8, 4) is 0 Å². The predicted molar refractivity (Wildman–Crippen MR) is 49.5 cm³/mol. The monoisotopic (exact) mass is 209 g/mol. The van der Waals surface area contributed by atoms with Crippen LogP contribution < -0.4 is 5.32 Å². The lowest BCUT2D eigenvalue weighted by molar-refractivity contribution is 0.0481. The molecule has 1 N–H and O–H groups in total. The number of hydrogen-bond donors (Lipinski definition) is 1. The Morgan fingerprint density at radius 1 is 1.43 bits per heavy atom. The van der Waals surface area contributed by atoms with Crippen LogP contribution >= 0.6 is 0 Å². The molecule has 0 aliphatic rings. The molecule has 5 heteroatoms. The van der Waals surface area contributed by atoms with E-state index in [0.717, 1.165) is 0 Å². The van der Waals surface area contributed by atoms with Crippen molar-refractivity contribution < 1.29 is 18.3 Å². The molecule has 84 valence electrons. The predicted octanol–water partition coefficient (Wildman–Crippen LogP) is 2.55. The van der Waals surface area contributed by atoms with Crippen molar-refractivity contribution in [1.82, 2.24) is 5.32 Å². The van der Waals surface area contributed by atoms with Gasteiger partial charge in [0.25, 0.3) is 0 Å². The summed E-state index contributed by atoms with van der Waals surface area (Å²) in [6.07, 6.45) is -3.44. The zero-order valence-corrected chi connectivity index (χ0v) is 8.93. The largest absolute Gasteiger partial charge is 0.444 e.